The van der Waals surface area contributed by atoms with Gasteiger partial charge in [-0.25, -0.2) is 4.98 Å². The van der Waals surface area contributed by atoms with Gasteiger partial charge in [0.15, 0.2) is 0 Å². The lowest BCUT2D eigenvalue weighted by molar-refractivity contribution is -0.137. The van der Waals surface area contributed by atoms with Gasteiger partial charge < -0.3 is 10.4 Å². The topological polar surface area (TPSA) is 45.2 Å². The van der Waals surface area contributed by atoms with E-state index in [1.54, 1.807) is 6.92 Å². The molecule has 0 spiro atoms. The van der Waals surface area contributed by atoms with Crippen LogP contribution in [-0.4, -0.2) is 10.1 Å². The minimum Gasteiger partial charge on any atom is -0.507 e. The molecule has 0 saturated carbocycles. The van der Waals surface area contributed by atoms with E-state index in [1.807, 2.05) is 0 Å². The lowest BCUT2D eigenvalue weighted by Gasteiger charge is -2.12. The predicted molar refractivity (Wildman–Crippen MR) is 65.4 cm³/mol. The quantitative estimate of drug-likeness (QED) is 0.869. The number of nitrogens with zero attached hydrogens (tertiary/aromatic N) is 1. The van der Waals surface area contributed by atoms with Crippen molar-refractivity contribution in [3.63, 3.8) is 0 Å². The molecule has 0 bridgehead atoms. The van der Waals surface area contributed by atoms with E-state index in [1.165, 1.54) is 24.4 Å². The monoisotopic (exact) mass is 268 g/mol. The van der Waals surface area contributed by atoms with E-state index in [0.29, 0.717) is 11.4 Å². The van der Waals surface area contributed by atoms with Gasteiger partial charge in [-0.15, -0.1) is 0 Å². The molecule has 1 aromatic carbocycles. The van der Waals surface area contributed by atoms with E-state index >= 15 is 0 Å². The summed E-state index contributed by atoms with van der Waals surface area (Å²) in [5, 5.41) is 12.3. The highest BCUT2D eigenvalue weighted by Crippen LogP contribution is 2.32. The first kappa shape index (κ1) is 13.2. The number of halogens is 3. The van der Waals surface area contributed by atoms with Crippen LogP contribution in [0.25, 0.3) is 0 Å². The Morgan fingerprint density at radius 3 is 2.63 bits per heavy atom. The van der Waals surface area contributed by atoms with Crippen LogP contribution in [0.2, 0.25) is 0 Å². The van der Waals surface area contributed by atoms with Crippen LogP contribution in [0.4, 0.5) is 24.7 Å². The maximum Gasteiger partial charge on any atom is 0.416 e. The molecule has 0 aliphatic carbocycles. The molecule has 0 atom stereocenters. The summed E-state index contributed by atoms with van der Waals surface area (Å²) in [6.45, 7) is 1.62. The lowest BCUT2D eigenvalue weighted by Crippen LogP contribution is -2.05. The fraction of sp³-hybridized carbons (Fsp3) is 0.154. The van der Waals surface area contributed by atoms with E-state index in [4.69, 9.17) is 0 Å². The zero-order chi connectivity index (χ0) is 14.0. The van der Waals surface area contributed by atoms with Gasteiger partial charge in [0.2, 0.25) is 0 Å². The van der Waals surface area contributed by atoms with Gasteiger partial charge in [-0.2, -0.15) is 13.2 Å². The van der Waals surface area contributed by atoms with Gasteiger partial charge in [-0.3, -0.25) is 0 Å². The Morgan fingerprint density at radius 1 is 1.21 bits per heavy atom. The van der Waals surface area contributed by atoms with Crippen molar-refractivity contribution >= 4 is 11.5 Å². The minimum absolute atomic E-state index is 0.0319. The number of aromatic hydroxyl groups is 1. The smallest absolute Gasteiger partial charge is 0.416 e. The molecule has 0 radical (unpaired) electrons. The molecule has 0 saturated heterocycles. The van der Waals surface area contributed by atoms with Crippen molar-refractivity contribution in [2.75, 3.05) is 5.32 Å². The normalized spacial score (nSPS) is 11.4. The highest BCUT2D eigenvalue weighted by molar-refractivity contribution is 5.62. The van der Waals surface area contributed by atoms with E-state index in [2.05, 4.69) is 10.3 Å². The third-order valence-electron chi connectivity index (χ3n) is 2.63. The van der Waals surface area contributed by atoms with Crippen LogP contribution in [0.5, 0.6) is 5.75 Å². The highest BCUT2D eigenvalue weighted by Gasteiger charge is 2.30. The molecule has 2 aromatic rings. The van der Waals surface area contributed by atoms with Crippen LogP contribution < -0.4 is 5.32 Å². The molecule has 0 aliphatic heterocycles. The molecule has 19 heavy (non-hydrogen) atoms. The Bertz CT molecular complexity index is 597. The van der Waals surface area contributed by atoms with Gasteiger partial charge >= 0.3 is 6.18 Å². The van der Waals surface area contributed by atoms with Gasteiger partial charge in [-0.05, 0) is 31.2 Å². The highest BCUT2D eigenvalue weighted by atomic mass is 19.4. The zero-order valence-corrected chi connectivity index (χ0v) is 9.99. The Balaban J connectivity index is 2.31. The van der Waals surface area contributed by atoms with Crippen molar-refractivity contribution in [1.82, 2.24) is 4.98 Å². The summed E-state index contributed by atoms with van der Waals surface area (Å²) >= 11 is 0. The number of nitrogens with one attached hydrogen (secondary N) is 1. The van der Waals surface area contributed by atoms with Crippen LogP contribution in [0.3, 0.4) is 0 Å². The van der Waals surface area contributed by atoms with Gasteiger partial charge in [0.25, 0.3) is 0 Å². The van der Waals surface area contributed by atoms with Crippen LogP contribution in [0.15, 0.2) is 36.5 Å². The molecular formula is C13H11F3N2O. The number of alkyl halides is 3. The summed E-state index contributed by atoms with van der Waals surface area (Å²) in [5.41, 5.74) is -0.00811. The van der Waals surface area contributed by atoms with Crippen LogP contribution in [0, 0.1) is 6.92 Å². The molecule has 0 unspecified atom stereocenters. The van der Waals surface area contributed by atoms with Crippen molar-refractivity contribution in [3.05, 3.63) is 47.7 Å². The Labute approximate surface area is 107 Å². The molecule has 6 heteroatoms. The Kier molecular flexibility index (Phi) is 3.33. The minimum atomic E-state index is -4.39. The summed E-state index contributed by atoms with van der Waals surface area (Å²) < 4.78 is 37.7. The third-order valence-corrected chi connectivity index (χ3v) is 2.63. The number of anilines is 2. The maximum atomic E-state index is 12.6. The third kappa shape index (κ3) is 2.96. The summed E-state index contributed by atoms with van der Waals surface area (Å²) in [7, 11) is 0. The fourth-order valence-electron chi connectivity index (χ4n) is 1.56. The lowest BCUT2D eigenvalue weighted by atomic mass is 10.2. The molecule has 2 rings (SSSR count). The molecular weight excluding hydrogens is 257 g/mol. The van der Waals surface area contributed by atoms with Gasteiger partial charge in [0.05, 0.1) is 5.56 Å². The predicted octanol–water partition coefficient (Wildman–Crippen LogP) is 3.86. The summed E-state index contributed by atoms with van der Waals surface area (Å²) in [6.07, 6.45) is -3.02. The SMILES string of the molecule is Cc1c(O)ccnc1Nc1cccc(C(F)(F)F)c1. The Morgan fingerprint density at radius 2 is 1.95 bits per heavy atom. The van der Waals surface area contributed by atoms with E-state index < -0.39 is 11.7 Å². The zero-order valence-electron chi connectivity index (χ0n) is 9.99. The van der Waals surface area contributed by atoms with Crippen molar-refractivity contribution in [3.8, 4) is 5.75 Å². The van der Waals surface area contributed by atoms with Gasteiger partial charge in [0.1, 0.15) is 11.6 Å². The summed E-state index contributed by atoms with van der Waals surface area (Å²) in [6, 6.07) is 6.20. The number of pyridine rings is 1. The molecule has 0 fully saturated rings. The first-order valence-electron chi connectivity index (χ1n) is 5.47. The number of hydrogen-bond donors (Lipinski definition) is 2. The molecule has 0 amide bonds. The molecule has 1 aromatic heterocycles. The first-order valence-corrected chi connectivity index (χ1v) is 5.47. The molecule has 100 valence electrons. The first-order chi connectivity index (χ1) is 8.88. The average Bonchev–Trinajstić information content (AvgIpc) is 2.34. The average molecular weight is 268 g/mol. The van der Waals surface area contributed by atoms with E-state index in [-0.39, 0.29) is 11.4 Å². The molecule has 1 heterocycles. The second-order valence-electron chi connectivity index (χ2n) is 4.01. The number of aromatic nitrogens is 1. The maximum absolute atomic E-state index is 12.6. The van der Waals surface area contributed by atoms with Crippen molar-refractivity contribution in [1.29, 1.82) is 0 Å². The molecule has 2 N–H and O–H groups in total. The summed E-state index contributed by atoms with van der Waals surface area (Å²) in [5.74, 6) is 0.351. The number of benzene rings is 1. The fourth-order valence-corrected chi connectivity index (χ4v) is 1.56. The second-order valence-corrected chi connectivity index (χ2v) is 4.01. The number of hydrogen-bond acceptors (Lipinski definition) is 3. The van der Waals surface area contributed by atoms with Crippen LogP contribution >= 0.6 is 0 Å². The van der Waals surface area contributed by atoms with Crippen LogP contribution in [0.1, 0.15) is 11.1 Å². The van der Waals surface area contributed by atoms with Crippen molar-refractivity contribution < 1.29 is 18.3 Å². The molecule has 0 aliphatic rings. The van der Waals surface area contributed by atoms with Crippen LogP contribution in [-0.2, 0) is 6.18 Å². The van der Waals surface area contributed by atoms with E-state index in [0.717, 1.165) is 12.1 Å². The van der Waals surface area contributed by atoms with Gasteiger partial charge in [-0.1, -0.05) is 6.07 Å². The molecule has 3 nitrogen and oxygen atoms in total. The number of rotatable bonds is 2. The van der Waals surface area contributed by atoms with Crippen molar-refractivity contribution in [2.45, 2.75) is 13.1 Å². The standard InChI is InChI=1S/C13H11F3N2O/c1-8-11(19)5-6-17-12(8)18-10-4-2-3-9(7-10)13(14,15)16/h2-7H,1H3,(H2,17,18,19). The second kappa shape index (κ2) is 4.79. The summed E-state index contributed by atoms with van der Waals surface area (Å²) in [4.78, 5) is 3.97. The Hall–Kier alpha value is -2.24. The van der Waals surface area contributed by atoms with Crippen molar-refractivity contribution in [2.24, 2.45) is 0 Å². The largest absolute Gasteiger partial charge is 0.507 e. The van der Waals surface area contributed by atoms with Gasteiger partial charge in [0, 0.05) is 17.4 Å². The van der Waals surface area contributed by atoms with E-state index in [9.17, 15) is 18.3 Å².